The predicted molar refractivity (Wildman–Crippen MR) is 68.2 cm³/mol. The van der Waals surface area contributed by atoms with Gasteiger partial charge in [0, 0.05) is 11.4 Å². The first-order chi connectivity index (χ1) is 8.16. The van der Waals surface area contributed by atoms with Gasteiger partial charge in [0.05, 0.1) is 23.4 Å². The lowest BCUT2D eigenvalue weighted by Gasteiger charge is -2.00. The van der Waals surface area contributed by atoms with E-state index in [0.29, 0.717) is 6.54 Å². The molecule has 5 heteroatoms. The first-order valence-electron chi connectivity index (χ1n) is 5.69. The van der Waals surface area contributed by atoms with E-state index in [1.807, 2.05) is 26.3 Å². The average molecular weight is 251 g/mol. The predicted octanol–water partition coefficient (Wildman–Crippen LogP) is 2.39. The van der Waals surface area contributed by atoms with Gasteiger partial charge in [-0.25, -0.2) is 9.97 Å². The minimum Gasteiger partial charge on any atom is -0.444 e. The molecule has 0 fully saturated rings. The largest absolute Gasteiger partial charge is 0.444 e. The van der Waals surface area contributed by atoms with Crippen molar-refractivity contribution in [1.82, 2.24) is 15.3 Å². The summed E-state index contributed by atoms with van der Waals surface area (Å²) < 4.78 is 5.49. The minimum absolute atomic E-state index is 0.687. The van der Waals surface area contributed by atoms with Crippen molar-refractivity contribution in [2.24, 2.45) is 0 Å². The summed E-state index contributed by atoms with van der Waals surface area (Å²) in [5.41, 5.74) is 4.01. The molecule has 0 bridgehead atoms. The molecule has 2 aromatic rings. The first-order valence-corrected chi connectivity index (χ1v) is 6.57. The van der Waals surface area contributed by atoms with Gasteiger partial charge >= 0.3 is 0 Å². The molecule has 0 saturated heterocycles. The Morgan fingerprint density at radius 1 is 1.29 bits per heavy atom. The highest BCUT2D eigenvalue weighted by Crippen LogP contribution is 2.12. The Hall–Kier alpha value is -1.20. The Morgan fingerprint density at radius 2 is 2.12 bits per heavy atom. The first kappa shape index (κ1) is 12.3. The second-order valence-electron chi connectivity index (χ2n) is 4.04. The number of hydrogen-bond donors (Lipinski definition) is 1. The fraction of sp³-hybridized carbons (Fsp3) is 0.500. The van der Waals surface area contributed by atoms with Crippen LogP contribution in [0, 0.1) is 20.8 Å². The van der Waals surface area contributed by atoms with Crippen LogP contribution in [-0.2, 0) is 13.0 Å². The maximum atomic E-state index is 5.49. The van der Waals surface area contributed by atoms with Crippen molar-refractivity contribution < 1.29 is 4.42 Å². The summed E-state index contributed by atoms with van der Waals surface area (Å²) in [6.07, 6.45) is 1.01. The number of nitrogens with zero attached hydrogens (tertiary/aromatic N) is 2. The summed E-state index contributed by atoms with van der Waals surface area (Å²) in [7, 11) is 0. The van der Waals surface area contributed by atoms with Crippen LogP contribution < -0.4 is 5.32 Å². The van der Waals surface area contributed by atoms with Gasteiger partial charge in [0.15, 0.2) is 0 Å². The Kier molecular flexibility index (Phi) is 3.91. The van der Waals surface area contributed by atoms with Gasteiger partial charge in [-0.1, -0.05) is 0 Å². The topological polar surface area (TPSA) is 51.0 Å². The van der Waals surface area contributed by atoms with E-state index >= 15 is 0 Å². The lowest BCUT2D eigenvalue weighted by molar-refractivity contribution is 0.450. The van der Waals surface area contributed by atoms with Gasteiger partial charge in [0.2, 0.25) is 5.89 Å². The average Bonchev–Trinajstić information content (AvgIpc) is 2.82. The standard InChI is InChI=1S/C12H17N3OS/c1-8-10(3)16-12(15-8)6-13-5-4-11-9(2)14-7-17-11/h7,13H,4-6H2,1-3H3. The molecule has 0 aliphatic heterocycles. The molecule has 0 atom stereocenters. The highest BCUT2D eigenvalue weighted by atomic mass is 32.1. The van der Waals surface area contributed by atoms with E-state index in [9.17, 15) is 0 Å². The molecule has 0 aliphatic rings. The van der Waals surface area contributed by atoms with E-state index in [0.717, 1.165) is 36.0 Å². The van der Waals surface area contributed by atoms with E-state index in [1.54, 1.807) is 11.3 Å². The zero-order chi connectivity index (χ0) is 12.3. The smallest absolute Gasteiger partial charge is 0.208 e. The summed E-state index contributed by atoms with van der Waals surface area (Å²) >= 11 is 1.71. The third kappa shape index (κ3) is 3.14. The fourth-order valence-corrected chi connectivity index (χ4v) is 2.36. The van der Waals surface area contributed by atoms with Crippen molar-refractivity contribution in [3.05, 3.63) is 33.4 Å². The molecule has 0 spiro atoms. The molecule has 17 heavy (non-hydrogen) atoms. The maximum Gasteiger partial charge on any atom is 0.208 e. The maximum absolute atomic E-state index is 5.49. The van der Waals surface area contributed by atoms with Gasteiger partial charge in [-0.05, 0) is 27.2 Å². The van der Waals surface area contributed by atoms with Gasteiger partial charge < -0.3 is 9.73 Å². The van der Waals surface area contributed by atoms with E-state index in [1.165, 1.54) is 4.88 Å². The monoisotopic (exact) mass is 251 g/mol. The van der Waals surface area contributed by atoms with E-state index in [2.05, 4.69) is 15.3 Å². The van der Waals surface area contributed by atoms with E-state index in [4.69, 9.17) is 4.42 Å². The van der Waals surface area contributed by atoms with Gasteiger partial charge in [0.1, 0.15) is 5.76 Å². The van der Waals surface area contributed by atoms with Crippen LogP contribution in [0.3, 0.4) is 0 Å². The second-order valence-corrected chi connectivity index (χ2v) is 4.98. The quantitative estimate of drug-likeness (QED) is 0.829. The van der Waals surface area contributed by atoms with Crippen LogP contribution in [-0.4, -0.2) is 16.5 Å². The van der Waals surface area contributed by atoms with Crippen molar-refractivity contribution in [3.63, 3.8) is 0 Å². The Labute approximate surface area is 105 Å². The number of nitrogens with one attached hydrogen (secondary N) is 1. The lowest BCUT2D eigenvalue weighted by Crippen LogP contribution is -2.16. The SMILES string of the molecule is Cc1nc(CNCCc2scnc2C)oc1C. The molecule has 2 heterocycles. The molecular weight excluding hydrogens is 234 g/mol. The van der Waals surface area contributed by atoms with Crippen LogP contribution >= 0.6 is 11.3 Å². The van der Waals surface area contributed by atoms with E-state index in [-0.39, 0.29) is 0 Å². The number of rotatable bonds is 5. The molecule has 0 amide bonds. The highest BCUT2D eigenvalue weighted by Gasteiger charge is 2.05. The van der Waals surface area contributed by atoms with Crippen molar-refractivity contribution >= 4 is 11.3 Å². The summed E-state index contributed by atoms with van der Waals surface area (Å²) in [4.78, 5) is 9.90. The molecule has 0 saturated carbocycles. The van der Waals surface area contributed by atoms with Crippen LogP contribution in [0.25, 0.3) is 0 Å². The summed E-state index contributed by atoms with van der Waals surface area (Å²) in [5.74, 6) is 1.67. The molecule has 4 nitrogen and oxygen atoms in total. The molecule has 92 valence electrons. The van der Waals surface area contributed by atoms with Crippen LogP contribution in [0.4, 0.5) is 0 Å². The Balaban J connectivity index is 1.75. The van der Waals surface area contributed by atoms with Crippen LogP contribution in [0.2, 0.25) is 0 Å². The second kappa shape index (κ2) is 5.42. The van der Waals surface area contributed by atoms with Crippen molar-refractivity contribution in [2.45, 2.75) is 33.7 Å². The third-order valence-corrected chi connectivity index (χ3v) is 3.72. The minimum atomic E-state index is 0.687. The molecule has 2 rings (SSSR count). The molecule has 2 aromatic heterocycles. The fourth-order valence-electron chi connectivity index (χ4n) is 1.58. The molecule has 0 radical (unpaired) electrons. The van der Waals surface area contributed by atoms with Gasteiger partial charge in [-0.15, -0.1) is 11.3 Å². The van der Waals surface area contributed by atoms with Crippen LogP contribution in [0.1, 0.15) is 27.9 Å². The summed E-state index contributed by atoms with van der Waals surface area (Å²) in [6, 6.07) is 0. The molecule has 1 N–H and O–H groups in total. The zero-order valence-corrected chi connectivity index (χ0v) is 11.2. The summed E-state index contributed by atoms with van der Waals surface area (Å²) in [6.45, 7) is 7.55. The van der Waals surface area contributed by atoms with Crippen LogP contribution in [0.5, 0.6) is 0 Å². The molecule has 0 unspecified atom stereocenters. The van der Waals surface area contributed by atoms with Crippen molar-refractivity contribution in [2.75, 3.05) is 6.54 Å². The molecular formula is C12H17N3OS. The van der Waals surface area contributed by atoms with Gasteiger partial charge in [-0.2, -0.15) is 0 Å². The van der Waals surface area contributed by atoms with Gasteiger partial charge in [0.25, 0.3) is 0 Å². The number of hydrogen-bond acceptors (Lipinski definition) is 5. The van der Waals surface area contributed by atoms with Gasteiger partial charge in [-0.3, -0.25) is 0 Å². The third-order valence-electron chi connectivity index (χ3n) is 2.72. The van der Waals surface area contributed by atoms with Crippen molar-refractivity contribution in [3.8, 4) is 0 Å². The zero-order valence-electron chi connectivity index (χ0n) is 10.4. The molecule has 0 aliphatic carbocycles. The number of thiazole rings is 1. The summed E-state index contributed by atoms with van der Waals surface area (Å²) in [5, 5.41) is 3.33. The Morgan fingerprint density at radius 3 is 2.71 bits per heavy atom. The number of aromatic nitrogens is 2. The highest BCUT2D eigenvalue weighted by molar-refractivity contribution is 7.09. The van der Waals surface area contributed by atoms with E-state index < -0.39 is 0 Å². The number of oxazole rings is 1. The normalized spacial score (nSPS) is 11.0. The van der Waals surface area contributed by atoms with Crippen molar-refractivity contribution in [1.29, 1.82) is 0 Å². The Bertz CT molecular complexity index is 470. The lowest BCUT2D eigenvalue weighted by atomic mass is 10.3. The van der Waals surface area contributed by atoms with Crippen LogP contribution in [0.15, 0.2) is 9.93 Å². The molecule has 0 aromatic carbocycles. The number of aryl methyl sites for hydroxylation is 3.